The molecule has 0 atom stereocenters. The first-order valence-corrected chi connectivity index (χ1v) is 7.40. The Morgan fingerprint density at radius 1 is 1.14 bits per heavy atom. The third-order valence-electron chi connectivity index (χ3n) is 3.92. The molecule has 5 heteroatoms. The van der Waals surface area contributed by atoms with Crippen molar-refractivity contribution in [3.63, 3.8) is 0 Å². The number of pyridine rings is 1. The van der Waals surface area contributed by atoms with Gasteiger partial charge in [-0.15, -0.1) is 0 Å². The molecule has 2 amide bonds. The second-order valence-electron chi connectivity index (χ2n) is 5.56. The standard InChI is InChI=1S/C16H19N3O2/c20-15(6-5-13-3-4-13)18-8-10-19(11-9-18)16(21)14-2-1-7-17-12-14/h1-2,5-7,12-13H,3-4,8-11H2/b6-5+. The monoisotopic (exact) mass is 285 g/mol. The van der Waals surface area contributed by atoms with E-state index in [1.54, 1.807) is 35.5 Å². The summed E-state index contributed by atoms with van der Waals surface area (Å²) in [5.41, 5.74) is 0.603. The van der Waals surface area contributed by atoms with Crippen molar-refractivity contribution >= 4 is 11.8 Å². The minimum Gasteiger partial charge on any atom is -0.336 e. The number of aromatic nitrogens is 1. The summed E-state index contributed by atoms with van der Waals surface area (Å²) in [4.78, 5) is 31.8. The van der Waals surface area contributed by atoms with Crippen LogP contribution < -0.4 is 0 Å². The van der Waals surface area contributed by atoms with Crippen molar-refractivity contribution in [2.24, 2.45) is 5.92 Å². The normalized spacial score (nSPS) is 19.0. The van der Waals surface area contributed by atoms with Crippen LogP contribution in [0, 0.1) is 5.92 Å². The van der Waals surface area contributed by atoms with Gasteiger partial charge in [0, 0.05) is 38.6 Å². The highest BCUT2D eigenvalue weighted by atomic mass is 16.2. The quantitative estimate of drug-likeness (QED) is 0.787. The predicted octanol–water partition coefficient (Wildman–Crippen LogP) is 1.33. The van der Waals surface area contributed by atoms with Gasteiger partial charge in [-0.05, 0) is 37.0 Å². The molecule has 0 spiro atoms. The van der Waals surface area contributed by atoms with E-state index >= 15 is 0 Å². The summed E-state index contributed by atoms with van der Waals surface area (Å²) < 4.78 is 0. The molecular formula is C16H19N3O2. The SMILES string of the molecule is O=C(/C=C/C1CC1)N1CCN(C(=O)c2cccnc2)CC1. The van der Waals surface area contributed by atoms with Crippen molar-refractivity contribution in [1.82, 2.24) is 14.8 Å². The van der Waals surface area contributed by atoms with Gasteiger partial charge in [-0.25, -0.2) is 0 Å². The van der Waals surface area contributed by atoms with E-state index in [1.807, 2.05) is 11.0 Å². The van der Waals surface area contributed by atoms with Crippen molar-refractivity contribution < 1.29 is 9.59 Å². The van der Waals surface area contributed by atoms with Gasteiger partial charge in [0.25, 0.3) is 5.91 Å². The molecular weight excluding hydrogens is 266 g/mol. The van der Waals surface area contributed by atoms with Crippen LogP contribution in [0.3, 0.4) is 0 Å². The van der Waals surface area contributed by atoms with Gasteiger partial charge in [0.15, 0.2) is 0 Å². The molecule has 1 saturated heterocycles. The molecule has 0 bridgehead atoms. The molecule has 2 fully saturated rings. The number of carbonyl (C=O) groups is 2. The second-order valence-corrected chi connectivity index (χ2v) is 5.56. The van der Waals surface area contributed by atoms with Crippen molar-refractivity contribution in [3.8, 4) is 0 Å². The maximum absolute atomic E-state index is 12.3. The average molecular weight is 285 g/mol. The van der Waals surface area contributed by atoms with Crippen molar-refractivity contribution in [2.75, 3.05) is 26.2 Å². The first kappa shape index (κ1) is 13.8. The average Bonchev–Trinajstić information content (AvgIpc) is 3.37. The molecule has 1 aliphatic heterocycles. The van der Waals surface area contributed by atoms with Gasteiger partial charge in [-0.2, -0.15) is 0 Å². The maximum Gasteiger partial charge on any atom is 0.255 e. The summed E-state index contributed by atoms with van der Waals surface area (Å²) in [6.07, 6.45) is 9.35. The predicted molar refractivity (Wildman–Crippen MR) is 78.6 cm³/mol. The van der Waals surface area contributed by atoms with E-state index in [2.05, 4.69) is 4.98 Å². The highest BCUT2D eigenvalue weighted by Crippen LogP contribution is 2.30. The first-order valence-electron chi connectivity index (χ1n) is 7.40. The Morgan fingerprint density at radius 2 is 1.86 bits per heavy atom. The number of piperazine rings is 1. The number of nitrogens with zero attached hydrogens (tertiary/aromatic N) is 3. The molecule has 0 radical (unpaired) electrons. The highest BCUT2D eigenvalue weighted by Gasteiger charge is 2.24. The third-order valence-corrected chi connectivity index (χ3v) is 3.92. The zero-order valence-electron chi connectivity index (χ0n) is 11.9. The lowest BCUT2D eigenvalue weighted by molar-refractivity contribution is -0.127. The molecule has 2 aliphatic rings. The van der Waals surface area contributed by atoms with Crippen LogP contribution >= 0.6 is 0 Å². The maximum atomic E-state index is 12.3. The lowest BCUT2D eigenvalue weighted by atomic mass is 10.2. The van der Waals surface area contributed by atoms with Gasteiger partial charge < -0.3 is 9.80 Å². The molecule has 2 heterocycles. The summed E-state index contributed by atoms with van der Waals surface area (Å²) in [5, 5.41) is 0. The minimum absolute atomic E-state index is 0.0104. The Labute approximate surface area is 124 Å². The van der Waals surface area contributed by atoms with Gasteiger partial charge in [0.05, 0.1) is 5.56 Å². The summed E-state index contributed by atoms with van der Waals surface area (Å²) in [7, 11) is 0. The summed E-state index contributed by atoms with van der Waals surface area (Å²) in [6.45, 7) is 2.35. The molecule has 3 rings (SSSR count). The Hall–Kier alpha value is -2.17. The van der Waals surface area contributed by atoms with E-state index < -0.39 is 0 Å². The zero-order chi connectivity index (χ0) is 14.7. The highest BCUT2D eigenvalue weighted by molar-refractivity contribution is 5.94. The molecule has 1 saturated carbocycles. The minimum atomic E-state index is -0.0104. The third kappa shape index (κ3) is 3.48. The van der Waals surface area contributed by atoms with Crippen LogP contribution in [0.15, 0.2) is 36.7 Å². The number of hydrogen-bond acceptors (Lipinski definition) is 3. The van der Waals surface area contributed by atoms with Gasteiger partial charge in [-0.1, -0.05) is 6.08 Å². The lowest BCUT2D eigenvalue weighted by Crippen LogP contribution is -2.50. The molecule has 1 aromatic heterocycles. The Bertz CT molecular complexity index is 544. The van der Waals surface area contributed by atoms with Crippen LogP contribution in [0.1, 0.15) is 23.2 Å². The van der Waals surface area contributed by atoms with Crippen LogP contribution in [0.5, 0.6) is 0 Å². The smallest absolute Gasteiger partial charge is 0.255 e. The van der Waals surface area contributed by atoms with Gasteiger partial charge >= 0.3 is 0 Å². The van der Waals surface area contributed by atoms with Crippen LogP contribution in [0.2, 0.25) is 0 Å². The fraction of sp³-hybridized carbons (Fsp3) is 0.438. The van der Waals surface area contributed by atoms with Gasteiger partial charge in [0.2, 0.25) is 5.91 Å². The number of amides is 2. The largest absolute Gasteiger partial charge is 0.336 e. The topological polar surface area (TPSA) is 53.5 Å². The fourth-order valence-electron chi connectivity index (χ4n) is 2.41. The van der Waals surface area contributed by atoms with Crippen LogP contribution in [0.25, 0.3) is 0 Å². The molecule has 1 aromatic rings. The van der Waals surface area contributed by atoms with E-state index in [0.29, 0.717) is 37.7 Å². The van der Waals surface area contributed by atoms with Crippen LogP contribution in [0.4, 0.5) is 0 Å². The number of carbonyl (C=O) groups excluding carboxylic acids is 2. The number of allylic oxidation sites excluding steroid dienone is 1. The first-order chi connectivity index (χ1) is 10.2. The second kappa shape index (κ2) is 6.08. The van der Waals surface area contributed by atoms with Crippen molar-refractivity contribution in [3.05, 3.63) is 42.2 Å². The van der Waals surface area contributed by atoms with Crippen molar-refractivity contribution in [2.45, 2.75) is 12.8 Å². The number of hydrogen-bond donors (Lipinski definition) is 0. The lowest BCUT2D eigenvalue weighted by Gasteiger charge is -2.34. The molecule has 0 aromatic carbocycles. The molecule has 1 aliphatic carbocycles. The van der Waals surface area contributed by atoms with E-state index in [9.17, 15) is 9.59 Å². The summed E-state index contributed by atoms with van der Waals surface area (Å²) >= 11 is 0. The molecule has 0 N–H and O–H groups in total. The van der Waals surface area contributed by atoms with Crippen LogP contribution in [-0.2, 0) is 4.79 Å². The Morgan fingerprint density at radius 3 is 2.48 bits per heavy atom. The van der Waals surface area contributed by atoms with Crippen molar-refractivity contribution in [1.29, 1.82) is 0 Å². The van der Waals surface area contributed by atoms with E-state index in [-0.39, 0.29) is 11.8 Å². The molecule has 21 heavy (non-hydrogen) atoms. The van der Waals surface area contributed by atoms with Crippen LogP contribution in [-0.4, -0.2) is 52.8 Å². The van der Waals surface area contributed by atoms with E-state index in [4.69, 9.17) is 0 Å². The molecule has 0 unspecified atom stereocenters. The van der Waals surface area contributed by atoms with E-state index in [1.165, 1.54) is 12.8 Å². The summed E-state index contributed by atoms with van der Waals surface area (Å²) in [6, 6.07) is 3.53. The number of rotatable bonds is 3. The Balaban J connectivity index is 1.52. The van der Waals surface area contributed by atoms with E-state index in [0.717, 1.165) is 0 Å². The fourth-order valence-corrected chi connectivity index (χ4v) is 2.41. The molecule has 110 valence electrons. The summed E-state index contributed by atoms with van der Waals surface area (Å²) in [5.74, 6) is 0.668. The zero-order valence-corrected chi connectivity index (χ0v) is 11.9. The van der Waals surface area contributed by atoms with Gasteiger partial charge in [-0.3, -0.25) is 14.6 Å². The Kier molecular flexibility index (Phi) is 3.99. The molecule has 5 nitrogen and oxygen atoms in total. The van der Waals surface area contributed by atoms with Gasteiger partial charge in [0.1, 0.15) is 0 Å².